The summed E-state index contributed by atoms with van der Waals surface area (Å²) in [4.78, 5) is 24.0. The van der Waals surface area contributed by atoms with Crippen molar-refractivity contribution in [3.05, 3.63) is 0 Å². The molecule has 0 aliphatic heterocycles. The van der Waals surface area contributed by atoms with Crippen molar-refractivity contribution in [1.82, 2.24) is 0 Å². The van der Waals surface area contributed by atoms with E-state index in [4.69, 9.17) is 55.9 Å². The standard InChI is InChI=1S/C26H46Cl4O4/c1-3-5-7-9-11-13-15-17-21(27)25(29)33-23(31)19-20-24(32)34-26(30)22(28)18-16-14-12-10-8-6-4-2/h21-22,25-26H,3-20H2,1-2H3. The van der Waals surface area contributed by atoms with E-state index in [1.54, 1.807) is 0 Å². The summed E-state index contributed by atoms with van der Waals surface area (Å²) in [6.07, 6.45) is 17.6. The van der Waals surface area contributed by atoms with Gasteiger partial charge in [-0.3, -0.25) is 9.59 Å². The number of unbranched alkanes of at least 4 members (excludes halogenated alkanes) is 12. The average molecular weight is 564 g/mol. The van der Waals surface area contributed by atoms with Crippen LogP contribution in [-0.4, -0.2) is 33.8 Å². The highest BCUT2D eigenvalue weighted by atomic mass is 35.5. The molecule has 4 unspecified atom stereocenters. The molecule has 0 bridgehead atoms. The fraction of sp³-hybridized carbons (Fsp3) is 0.923. The van der Waals surface area contributed by atoms with Crippen molar-refractivity contribution in [3.8, 4) is 0 Å². The highest BCUT2D eigenvalue weighted by molar-refractivity contribution is 6.30. The summed E-state index contributed by atoms with van der Waals surface area (Å²) in [6, 6.07) is 0. The molecule has 8 heteroatoms. The molecule has 0 aliphatic carbocycles. The maximum Gasteiger partial charge on any atom is 0.307 e. The largest absolute Gasteiger partial charge is 0.444 e. The Morgan fingerprint density at radius 1 is 0.529 bits per heavy atom. The summed E-state index contributed by atoms with van der Waals surface area (Å²) in [5.41, 5.74) is -1.83. The predicted octanol–water partition coefficient (Wildman–Crippen LogP) is 9.48. The number of halogens is 4. The smallest absolute Gasteiger partial charge is 0.307 e. The van der Waals surface area contributed by atoms with Crippen molar-refractivity contribution in [2.24, 2.45) is 0 Å². The fourth-order valence-corrected chi connectivity index (χ4v) is 4.44. The molecule has 0 rings (SSSR count). The summed E-state index contributed by atoms with van der Waals surface area (Å²) >= 11 is 24.7. The number of rotatable bonds is 23. The van der Waals surface area contributed by atoms with E-state index >= 15 is 0 Å². The molecule has 0 aromatic rings. The molecule has 0 saturated heterocycles. The molecular weight excluding hydrogens is 518 g/mol. The minimum Gasteiger partial charge on any atom is -0.444 e. The summed E-state index contributed by atoms with van der Waals surface area (Å²) in [6.45, 7) is 4.40. The Labute approximate surface area is 228 Å². The zero-order valence-corrected chi connectivity index (χ0v) is 24.2. The summed E-state index contributed by atoms with van der Waals surface area (Å²) in [7, 11) is 0. The minimum absolute atomic E-state index is 0.141. The highest BCUT2D eigenvalue weighted by Crippen LogP contribution is 2.22. The molecule has 34 heavy (non-hydrogen) atoms. The van der Waals surface area contributed by atoms with Crippen LogP contribution in [0.2, 0.25) is 0 Å². The van der Waals surface area contributed by atoms with Gasteiger partial charge >= 0.3 is 11.9 Å². The van der Waals surface area contributed by atoms with Gasteiger partial charge in [0.25, 0.3) is 0 Å². The monoisotopic (exact) mass is 562 g/mol. The normalized spacial score (nSPS) is 14.9. The van der Waals surface area contributed by atoms with Crippen LogP contribution in [0.4, 0.5) is 0 Å². The number of alkyl halides is 4. The molecule has 0 N–H and O–H groups in total. The molecule has 4 nitrogen and oxygen atoms in total. The van der Waals surface area contributed by atoms with Crippen molar-refractivity contribution in [2.45, 2.75) is 151 Å². The number of hydrogen-bond donors (Lipinski definition) is 0. The molecule has 0 fully saturated rings. The molecular formula is C26H46Cl4O4. The molecule has 4 atom stereocenters. The van der Waals surface area contributed by atoms with Gasteiger partial charge in [-0.05, 0) is 12.8 Å². The van der Waals surface area contributed by atoms with Crippen LogP contribution in [0.1, 0.15) is 129 Å². The van der Waals surface area contributed by atoms with E-state index in [2.05, 4.69) is 13.8 Å². The highest BCUT2D eigenvalue weighted by Gasteiger charge is 2.23. The van der Waals surface area contributed by atoms with E-state index in [0.717, 1.165) is 25.7 Å². The lowest BCUT2D eigenvalue weighted by Gasteiger charge is -2.18. The molecule has 0 aromatic carbocycles. The lowest BCUT2D eigenvalue weighted by molar-refractivity contribution is -0.152. The fourth-order valence-electron chi connectivity index (χ4n) is 3.58. The van der Waals surface area contributed by atoms with E-state index in [-0.39, 0.29) is 12.8 Å². The Kier molecular flexibility index (Phi) is 23.6. The summed E-state index contributed by atoms with van der Waals surface area (Å²) in [5, 5.41) is -0.909. The van der Waals surface area contributed by atoms with Crippen LogP contribution in [-0.2, 0) is 19.1 Å². The van der Waals surface area contributed by atoms with Gasteiger partial charge in [-0.25, -0.2) is 0 Å². The molecule has 0 saturated carbocycles. The number of carbonyl (C=O) groups excluding carboxylic acids is 2. The van der Waals surface area contributed by atoms with E-state index in [9.17, 15) is 9.59 Å². The van der Waals surface area contributed by atoms with Crippen LogP contribution in [0.15, 0.2) is 0 Å². The van der Waals surface area contributed by atoms with Gasteiger partial charge in [0, 0.05) is 0 Å². The van der Waals surface area contributed by atoms with Crippen molar-refractivity contribution in [1.29, 1.82) is 0 Å². The van der Waals surface area contributed by atoms with Gasteiger partial charge in [-0.15, -0.1) is 23.2 Å². The van der Waals surface area contributed by atoms with Crippen LogP contribution in [0, 0.1) is 0 Å². The van der Waals surface area contributed by atoms with E-state index < -0.39 is 33.8 Å². The molecule has 0 aromatic heterocycles. The number of ether oxygens (including phenoxy) is 2. The van der Waals surface area contributed by atoms with Crippen LogP contribution in [0.5, 0.6) is 0 Å². The second-order valence-corrected chi connectivity index (χ2v) is 11.0. The Hall–Kier alpha value is 0.1000. The van der Waals surface area contributed by atoms with Gasteiger partial charge in [0.05, 0.1) is 23.6 Å². The van der Waals surface area contributed by atoms with Gasteiger partial charge in [0.2, 0.25) is 0 Å². The lowest BCUT2D eigenvalue weighted by Crippen LogP contribution is -2.25. The van der Waals surface area contributed by atoms with Gasteiger partial charge < -0.3 is 9.47 Å². The zero-order chi connectivity index (χ0) is 25.6. The van der Waals surface area contributed by atoms with Gasteiger partial charge in [0.1, 0.15) is 0 Å². The van der Waals surface area contributed by atoms with Gasteiger partial charge in [0.15, 0.2) is 11.1 Å². The maximum absolute atomic E-state index is 12.0. The topological polar surface area (TPSA) is 52.6 Å². The second-order valence-electron chi connectivity index (χ2n) is 9.03. The van der Waals surface area contributed by atoms with Gasteiger partial charge in [-0.2, -0.15) is 0 Å². The Morgan fingerprint density at radius 3 is 1.15 bits per heavy atom. The second kappa shape index (κ2) is 23.5. The predicted molar refractivity (Wildman–Crippen MR) is 145 cm³/mol. The van der Waals surface area contributed by atoms with Crippen LogP contribution >= 0.6 is 46.4 Å². The Morgan fingerprint density at radius 2 is 0.824 bits per heavy atom. The third kappa shape index (κ3) is 20.3. The van der Waals surface area contributed by atoms with Crippen molar-refractivity contribution in [2.75, 3.05) is 0 Å². The van der Waals surface area contributed by atoms with E-state index in [1.807, 2.05) is 0 Å². The molecule has 0 amide bonds. The van der Waals surface area contributed by atoms with Crippen molar-refractivity contribution in [3.63, 3.8) is 0 Å². The van der Waals surface area contributed by atoms with Crippen molar-refractivity contribution >= 4 is 58.3 Å². The van der Waals surface area contributed by atoms with Crippen LogP contribution in [0.3, 0.4) is 0 Å². The molecule has 202 valence electrons. The maximum atomic E-state index is 12.0. The minimum atomic E-state index is -0.916. The SMILES string of the molecule is CCCCCCCCCC(Cl)C(Cl)OC(=O)CCC(=O)OC(Cl)C(Cl)CCCCCCCCC. The Bertz CT molecular complexity index is 463. The number of carbonyl (C=O) groups is 2. The first-order chi connectivity index (χ1) is 16.3. The Balaban J connectivity index is 3.89. The first-order valence-corrected chi connectivity index (χ1v) is 15.0. The molecule has 0 radical (unpaired) electrons. The molecule has 0 spiro atoms. The first kappa shape index (κ1) is 34.1. The summed E-state index contributed by atoms with van der Waals surface area (Å²) < 4.78 is 10.3. The third-order valence-corrected chi connectivity index (χ3v) is 7.70. The van der Waals surface area contributed by atoms with E-state index in [1.165, 1.54) is 64.2 Å². The van der Waals surface area contributed by atoms with Crippen molar-refractivity contribution < 1.29 is 19.1 Å². The van der Waals surface area contributed by atoms with Gasteiger partial charge in [-0.1, -0.05) is 127 Å². The third-order valence-electron chi connectivity index (χ3n) is 5.76. The average Bonchev–Trinajstić information content (AvgIpc) is 2.81. The van der Waals surface area contributed by atoms with E-state index in [0.29, 0.717) is 12.8 Å². The summed E-state index contributed by atoms with van der Waals surface area (Å²) in [5.74, 6) is -1.17. The zero-order valence-electron chi connectivity index (χ0n) is 21.2. The first-order valence-electron chi connectivity index (χ1n) is 13.3. The molecule has 0 aliphatic rings. The number of hydrogen-bond acceptors (Lipinski definition) is 4. The molecule has 0 heterocycles. The quantitative estimate of drug-likeness (QED) is 0.0705. The van der Waals surface area contributed by atoms with Crippen LogP contribution < -0.4 is 0 Å². The number of esters is 2. The van der Waals surface area contributed by atoms with Crippen LogP contribution in [0.25, 0.3) is 0 Å². The lowest BCUT2D eigenvalue weighted by atomic mass is 10.1.